The van der Waals surface area contributed by atoms with Gasteiger partial charge in [0.15, 0.2) is 5.72 Å². The number of nitro groups is 1. The minimum Gasteiger partial charge on any atom is -0.496 e. The topological polar surface area (TPSA) is 102 Å². The Morgan fingerprint density at radius 3 is 2.73 bits per heavy atom. The van der Waals surface area contributed by atoms with Crippen molar-refractivity contribution in [2.24, 2.45) is 0 Å². The fourth-order valence-electron chi connectivity index (χ4n) is 4.47. The van der Waals surface area contributed by atoms with Crippen LogP contribution in [0, 0.1) is 10.1 Å². The van der Waals surface area contributed by atoms with Gasteiger partial charge in [0.2, 0.25) is 0 Å². The van der Waals surface area contributed by atoms with Gasteiger partial charge in [-0.1, -0.05) is 26.0 Å². The lowest BCUT2D eigenvalue weighted by Gasteiger charge is -2.39. The fraction of sp³-hybridized carbons (Fsp3) is 0.318. The lowest BCUT2D eigenvalue weighted by atomic mass is 9.77. The van der Waals surface area contributed by atoms with E-state index in [4.69, 9.17) is 9.47 Å². The molecule has 1 fully saturated rings. The van der Waals surface area contributed by atoms with E-state index < -0.39 is 22.0 Å². The summed E-state index contributed by atoms with van der Waals surface area (Å²) in [4.78, 5) is 24.5. The molecule has 0 bridgehead atoms. The maximum absolute atomic E-state index is 11.5. The molecule has 156 valence electrons. The zero-order valence-electron chi connectivity index (χ0n) is 16.9. The highest BCUT2D eigenvalue weighted by atomic mass is 16.6. The van der Waals surface area contributed by atoms with Crippen molar-refractivity contribution in [3.63, 3.8) is 0 Å². The maximum Gasteiger partial charge on any atom is 0.339 e. The number of methoxy groups -OCH3 is 1. The molecule has 0 aromatic heterocycles. The number of anilines is 1. The molecule has 1 saturated heterocycles. The van der Waals surface area contributed by atoms with Crippen molar-refractivity contribution in [1.29, 1.82) is 0 Å². The van der Waals surface area contributed by atoms with E-state index in [0.29, 0.717) is 18.7 Å². The average Bonchev–Trinajstić information content (AvgIpc) is 3.23. The summed E-state index contributed by atoms with van der Waals surface area (Å²) in [6.45, 7) is 5.18. The first-order chi connectivity index (χ1) is 14.2. The molecule has 30 heavy (non-hydrogen) atoms. The Balaban J connectivity index is 1.77. The van der Waals surface area contributed by atoms with Gasteiger partial charge < -0.3 is 19.5 Å². The highest BCUT2D eigenvalue weighted by molar-refractivity contribution is 5.91. The first-order valence-corrected chi connectivity index (χ1v) is 9.52. The Labute approximate surface area is 173 Å². The van der Waals surface area contributed by atoms with Crippen LogP contribution in [0.4, 0.5) is 11.4 Å². The molecule has 8 nitrogen and oxygen atoms in total. The van der Waals surface area contributed by atoms with Gasteiger partial charge in [0.1, 0.15) is 11.3 Å². The van der Waals surface area contributed by atoms with Gasteiger partial charge in [-0.25, -0.2) is 4.79 Å². The first-order valence-electron chi connectivity index (χ1n) is 9.52. The van der Waals surface area contributed by atoms with E-state index >= 15 is 0 Å². The molecule has 0 spiro atoms. The molecular weight excluding hydrogens is 388 g/mol. The number of carboxylic acid groups (broad SMARTS) is 1. The number of ether oxygens (including phenoxy) is 2. The Hall–Kier alpha value is -3.39. The van der Waals surface area contributed by atoms with E-state index in [1.165, 1.54) is 13.2 Å². The number of non-ortho nitro benzene ring substituents is 1. The Morgan fingerprint density at radius 2 is 2.07 bits per heavy atom. The number of hydrogen-bond donors (Lipinski definition) is 1. The van der Waals surface area contributed by atoms with Crippen LogP contribution < -0.4 is 9.64 Å². The minimum absolute atomic E-state index is 0.0448. The summed E-state index contributed by atoms with van der Waals surface area (Å²) >= 11 is 0. The minimum atomic E-state index is -1.07. The third-order valence-corrected chi connectivity index (χ3v) is 6.04. The number of carbonyl (C=O) groups is 1. The Bertz CT molecular complexity index is 1080. The quantitative estimate of drug-likeness (QED) is 0.590. The summed E-state index contributed by atoms with van der Waals surface area (Å²) in [6.07, 6.45) is 3.74. The summed E-state index contributed by atoms with van der Waals surface area (Å²) < 4.78 is 11.4. The van der Waals surface area contributed by atoms with Crippen LogP contribution in [0.5, 0.6) is 5.75 Å². The lowest BCUT2D eigenvalue weighted by molar-refractivity contribution is -0.384. The van der Waals surface area contributed by atoms with Crippen molar-refractivity contribution < 1.29 is 24.3 Å². The smallest absolute Gasteiger partial charge is 0.339 e. The number of nitro benzene ring substituents is 1. The van der Waals surface area contributed by atoms with Crippen molar-refractivity contribution in [3.05, 3.63) is 69.3 Å². The second-order valence-corrected chi connectivity index (χ2v) is 7.88. The summed E-state index contributed by atoms with van der Waals surface area (Å²) in [6, 6.07) is 9.84. The molecule has 1 unspecified atom stereocenters. The van der Waals surface area contributed by atoms with Crippen LogP contribution in [0.1, 0.15) is 35.3 Å². The zero-order chi connectivity index (χ0) is 21.7. The van der Waals surface area contributed by atoms with Crippen LogP contribution in [0.15, 0.2) is 42.5 Å². The summed E-state index contributed by atoms with van der Waals surface area (Å²) in [5.41, 5.74) is 1.18. The van der Waals surface area contributed by atoms with E-state index in [1.807, 2.05) is 26.0 Å². The van der Waals surface area contributed by atoms with E-state index in [2.05, 4.69) is 4.90 Å². The maximum atomic E-state index is 11.5. The Kier molecular flexibility index (Phi) is 4.54. The molecule has 0 saturated carbocycles. The normalized spacial score (nSPS) is 21.5. The third kappa shape index (κ3) is 2.75. The fourth-order valence-corrected chi connectivity index (χ4v) is 4.47. The molecule has 1 atom stereocenters. The molecule has 2 aromatic rings. The number of rotatable bonds is 5. The van der Waals surface area contributed by atoms with E-state index in [1.54, 1.807) is 30.3 Å². The molecular formula is C22H22N2O6. The highest BCUT2D eigenvalue weighted by Crippen LogP contribution is 2.55. The number of carboxylic acids is 1. The van der Waals surface area contributed by atoms with Crippen LogP contribution in [0.3, 0.4) is 0 Å². The zero-order valence-corrected chi connectivity index (χ0v) is 16.9. The number of hydrogen-bond acceptors (Lipinski definition) is 6. The standard InChI is InChI=1S/C22H22N2O6/c1-21(2)17-13-15(24(27)28)5-6-18(17)23-10-11-30-22(21,23)9-8-14-4-7-19(29-3)16(12-14)20(25)26/h4-9,12-13H,10-11H2,1-3H3,(H,25,26)/b9-8+. The van der Waals surface area contributed by atoms with Gasteiger partial charge >= 0.3 is 5.97 Å². The van der Waals surface area contributed by atoms with Crippen molar-refractivity contribution in [1.82, 2.24) is 0 Å². The van der Waals surface area contributed by atoms with Crippen molar-refractivity contribution in [2.45, 2.75) is 25.0 Å². The molecule has 0 radical (unpaired) electrons. The summed E-state index contributed by atoms with van der Waals surface area (Å²) in [7, 11) is 1.43. The lowest BCUT2D eigenvalue weighted by Crippen LogP contribution is -2.51. The molecule has 4 rings (SSSR count). The number of fused-ring (bicyclic) bond motifs is 3. The second kappa shape index (κ2) is 6.84. The molecule has 2 aliphatic heterocycles. The van der Waals surface area contributed by atoms with Gasteiger partial charge in [-0.15, -0.1) is 0 Å². The molecule has 8 heteroatoms. The van der Waals surface area contributed by atoms with E-state index in [0.717, 1.165) is 11.3 Å². The first kappa shape index (κ1) is 19.9. The van der Waals surface area contributed by atoms with E-state index in [9.17, 15) is 20.0 Å². The molecule has 2 aromatic carbocycles. The number of nitrogens with zero attached hydrogens (tertiary/aromatic N) is 2. The van der Waals surface area contributed by atoms with Crippen LogP contribution in [-0.4, -0.2) is 42.0 Å². The van der Waals surface area contributed by atoms with Crippen LogP contribution in [-0.2, 0) is 10.2 Å². The van der Waals surface area contributed by atoms with Gasteiger partial charge in [0, 0.05) is 29.8 Å². The van der Waals surface area contributed by atoms with Gasteiger partial charge in [-0.05, 0) is 35.4 Å². The van der Waals surface area contributed by atoms with Gasteiger partial charge in [-0.2, -0.15) is 0 Å². The molecule has 0 amide bonds. The predicted octanol–water partition coefficient (Wildman–Crippen LogP) is 3.84. The SMILES string of the molecule is COc1ccc(/C=C/C23OCCN2c2ccc([N+](=O)[O-])cc2C3(C)C)cc1C(=O)O. The monoisotopic (exact) mass is 410 g/mol. The number of aromatic carboxylic acids is 1. The number of benzene rings is 2. The second-order valence-electron chi connectivity index (χ2n) is 7.88. The van der Waals surface area contributed by atoms with Crippen LogP contribution >= 0.6 is 0 Å². The van der Waals surface area contributed by atoms with Gasteiger partial charge in [0.25, 0.3) is 5.69 Å². The van der Waals surface area contributed by atoms with Crippen molar-refractivity contribution in [2.75, 3.05) is 25.2 Å². The molecule has 2 heterocycles. The van der Waals surface area contributed by atoms with E-state index in [-0.39, 0.29) is 17.0 Å². The third-order valence-electron chi connectivity index (χ3n) is 6.04. The highest BCUT2D eigenvalue weighted by Gasteiger charge is 2.59. The van der Waals surface area contributed by atoms with Gasteiger partial charge in [-0.3, -0.25) is 10.1 Å². The average molecular weight is 410 g/mol. The Morgan fingerprint density at radius 1 is 1.30 bits per heavy atom. The van der Waals surface area contributed by atoms with Crippen LogP contribution in [0.2, 0.25) is 0 Å². The molecule has 0 aliphatic carbocycles. The van der Waals surface area contributed by atoms with Crippen LogP contribution in [0.25, 0.3) is 6.08 Å². The predicted molar refractivity (Wildman–Crippen MR) is 111 cm³/mol. The van der Waals surface area contributed by atoms with Gasteiger partial charge in [0.05, 0.1) is 18.6 Å². The molecule has 2 aliphatic rings. The summed E-state index contributed by atoms with van der Waals surface area (Å²) in [5, 5.41) is 20.7. The van der Waals surface area contributed by atoms with Crippen molar-refractivity contribution >= 4 is 23.4 Å². The summed E-state index contributed by atoms with van der Waals surface area (Å²) in [5.74, 6) is -0.780. The molecule has 1 N–H and O–H groups in total. The largest absolute Gasteiger partial charge is 0.496 e. The van der Waals surface area contributed by atoms with Crippen molar-refractivity contribution in [3.8, 4) is 5.75 Å².